The Labute approximate surface area is 159 Å². The molecule has 0 atom stereocenters. The fourth-order valence-corrected chi connectivity index (χ4v) is 3.67. The molecule has 1 amide bonds. The number of hydrogen-bond acceptors (Lipinski definition) is 6. The van der Waals surface area contributed by atoms with E-state index < -0.39 is 5.97 Å². The number of anilines is 1. The molecule has 0 spiro atoms. The zero-order valence-corrected chi connectivity index (χ0v) is 16.1. The Morgan fingerprint density at radius 3 is 2.59 bits per heavy atom. The van der Waals surface area contributed by atoms with Gasteiger partial charge in [0.25, 0.3) is 5.56 Å². The van der Waals surface area contributed by atoms with Gasteiger partial charge in [-0.3, -0.25) is 14.2 Å². The van der Waals surface area contributed by atoms with Gasteiger partial charge in [-0.2, -0.15) is 0 Å². The number of ether oxygens (including phenoxy) is 1. The molecule has 2 heterocycles. The molecule has 0 radical (unpaired) electrons. The largest absolute Gasteiger partial charge is 0.465 e. The summed E-state index contributed by atoms with van der Waals surface area (Å²) in [6.07, 6.45) is 1.62. The summed E-state index contributed by atoms with van der Waals surface area (Å²) in [5.74, 6) is -0.667. The van der Waals surface area contributed by atoms with Gasteiger partial charge in [0.2, 0.25) is 5.91 Å². The molecule has 0 aliphatic carbocycles. The van der Waals surface area contributed by atoms with Gasteiger partial charge in [0.15, 0.2) is 0 Å². The van der Waals surface area contributed by atoms with Crippen molar-refractivity contribution in [3.63, 3.8) is 0 Å². The van der Waals surface area contributed by atoms with E-state index in [0.717, 1.165) is 15.3 Å². The number of thiophene rings is 1. The van der Waals surface area contributed by atoms with Gasteiger partial charge < -0.3 is 10.1 Å². The fraction of sp³-hybridized carbons (Fsp3) is 0.263. The second-order valence-corrected chi connectivity index (χ2v) is 7.28. The summed E-state index contributed by atoms with van der Waals surface area (Å²) in [6.45, 7) is 4.11. The van der Waals surface area contributed by atoms with E-state index >= 15 is 0 Å². The number of fused-ring (bicyclic) bond motifs is 1. The number of carbonyl (C=O) groups is 2. The smallest absolute Gasteiger partial charge is 0.337 e. The van der Waals surface area contributed by atoms with Gasteiger partial charge >= 0.3 is 5.97 Å². The fourth-order valence-electron chi connectivity index (χ4n) is 2.68. The molecule has 140 valence electrons. The van der Waals surface area contributed by atoms with Gasteiger partial charge in [0, 0.05) is 23.5 Å². The monoisotopic (exact) mass is 385 g/mol. The lowest BCUT2D eigenvalue weighted by atomic mass is 10.2. The molecule has 2 aromatic heterocycles. The molecule has 3 rings (SSSR count). The molecule has 1 N–H and O–H groups in total. The third-order valence-electron chi connectivity index (χ3n) is 4.33. The number of amides is 1. The van der Waals surface area contributed by atoms with E-state index in [1.54, 1.807) is 24.3 Å². The van der Waals surface area contributed by atoms with Crippen molar-refractivity contribution in [3.8, 4) is 0 Å². The number of esters is 1. The number of carbonyl (C=O) groups excluding carboxylic acids is 2. The van der Waals surface area contributed by atoms with Crippen LogP contribution in [0.5, 0.6) is 0 Å². The number of aryl methyl sites for hydroxylation is 3. The maximum atomic E-state index is 12.6. The Morgan fingerprint density at radius 2 is 1.93 bits per heavy atom. The number of rotatable bonds is 5. The second kappa shape index (κ2) is 7.71. The van der Waals surface area contributed by atoms with E-state index in [1.807, 2.05) is 13.8 Å². The molecule has 0 aliphatic heterocycles. The van der Waals surface area contributed by atoms with E-state index in [2.05, 4.69) is 15.0 Å². The molecule has 7 nitrogen and oxygen atoms in total. The van der Waals surface area contributed by atoms with Crippen molar-refractivity contribution < 1.29 is 14.3 Å². The lowest BCUT2D eigenvalue weighted by Gasteiger charge is -2.08. The Morgan fingerprint density at radius 1 is 1.22 bits per heavy atom. The Hall–Kier alpha value is -3.00. The number of nitrogens with zero attached hydrogens (tertiary/aromatic N) is 2. The maximum absolute atomic E-state index is 12.6. The number of hydrogen-bond donors (Lipinski definition) is 1. The first-order valence-electron chi connectivity index (χ1n) is 8.34. The van der Waals surface area contributed by atoms with Crippen LogP contribution in [0.15, 0.2) is 35.4 Å². The maximum Gasteiger partial charge on any atom is 0.337 e. The lowest BCUT2D eigenvalue weighted by Crippen LogP contribution is -2.23. The van der Waals surface area contributed by atoms with Crippen molar-refractivity contribution in [1.29, 1.82) is 0 Å². The average Bonchev–Trinajstić information content (AvgIpc) is 2.96. The predicted molar refractivity (Wildman–Crippen MR) is 104 cm³/mol. The zero-order chi connectivity index (χ0) is 19.6. The second-order valence-electron chi connectivity index (χ2n) is 6.07. The summed E-state index contributed by atoms with van der Waals surface area (Å²) in [6, 6.07) is 6.40. The normalized spacial score (nSPS) is 10.8. The van der Waals surface area contributed by atoms with Crippen LogP contribution in [0.3, 0.4) is 0 Å². The molecule has 0 aliphatic rings. The number of benzene rings is 1. The lowest BCUT2D eigenvalue weighted by molar-refractivity contribution is -0.116. The highest BCUT2D eigenvalue weighted by molar-refractivity contribution is 7.18. The quantitative estimate of drug-likeness (QED) is 0.682. The molecule has 0 saturated heterocycles. The summed E-state index contributed by atoms with van der Waals surface area (Å²) in [5.41, 5.74) is 1.79. The van der Waals surface area contributed by atoms with E-state index in [-0.39, 0.29) is 24.4 Å². The molecule has 0 unspecified atom stereocenters. The van der Waals surface area contributed by atoms with Crippen LogP contribution in [-0.4, -0.2) is 28.5 Å². The summed E-state index contributed by atoms with van der Waals surface area (Å²) in [4.78, 5) is 42.3. The van der Waals surface area contributed by atoms with Crippen LogP contribution in [0.25, 0.3) is 10.2 Å². The van der Waals surface area contributed by atoms with Crippen molar-refractivity contribution in [2.75, 3.05) is 12.4 Å². The standard InChI is InChI=1S/C19H19N3O4S/c1-11-12(2)27-17-16(11)18(24)22(10-20-17)9-8-15(23)21-14-6-4-13(5-7-14)19(25)26-3/h4-7,10H,8-9H2,1-3H3,(H,21,23). The third-order valence-corrected chi connectivity index (χ3v) is 5.44. The first-order valence-corrected chi connectivity index (χ1v) is 9.15. The number of methoxy groups -OCH3 is 1. The number of nitrogens with one attached hydrogen (secondary N) is 1. The van der Waals surface area contributed by atoms with Crippen molar-refractivity contribution in [1.82, 2.24) is 9.55 Å². The molecular formula is C19H19N3O4S. The summed E-state index contributed by atoms with van der Waals surface area (Å²) in [5, 5.41) is 3.37. The van der Waals surface area contributed by atoms with Gasteiger partial charge in [-0.15, -0.1) is 11.3 Å². The SMILES string of the molecule is COC(=O)c1ccc(NC(=O)CCn2cnc3sc(C)c(C)c3c2=O)cc1. The van der Waals surface area contributed by atoms with Crippen LogP contribution >= 0.6 is 11.3 Å². The van der Waals surface area contributed by atoms with Crippen molar-refractivity contribution >= 4 is 39.1 Å². The highest BCUT2D eigenvalue weighted by atomic mass is 32.1. The van der Waals surface area contributed by atoms with Gasteiger partial charge in [-0.25, -0.2) is 9.78 Å². The van der Waals surface area contributed by atoms with Crippen molar-refractivity contribution in [3.05, 3.63) is 57.0 Å². The molecule has 0 bridgehead atoms. The minimum Gasteiger partial charge on any atom is -0.465 e. The predicted octanol–water partition coefficient (Wildman–Crippen LogP) is 2.89. The van der Waals surface area contributed by atoms with Crippen LogP contribution in [0.4, 0.5) is 5.69 Å². The van der Waals surface area contributed by atoms with E-state index in [4.69, 9.17) is 0 Å². The number of aromatic nitrogens is 2. The molecular weight excluding hydrogens is 366 g/mol. The first-order chi connectivity index (χ1) is 12.9. The van der Waals surface area contributed by atoms with Crippen molar-refractivity contribution in [2.24, 2.45) is 0 Å². The molecule has 0 fully saturated rings. The molecule has 1 aromatic carbocycles. The van der Waals surface area contributed by atoms with Crippen LogP contribution in [0, 0.1) is 13.8 Å². The van der Waals surface area contributed by atoms with Gasteiger partial charge in [-0.05, 0) is 43.7 Å². The highest BCUT2D eigenvalue weighted by Crippen LogP contribution is 2.25. The molecule has 8 heteroatoms. The summed E-state index contributed by atoms with van der Waals surface area (Å²) < 4.78 is 6.09. The van der Waals surface area contributed by atoms with Gasteiger partial charge in [-0.1, -0.05) is 0 Å². The minimum absolute atomic E-state index is 0.128. The van der Waals surface area contributed by atoms with Crippen molar-refractivity contribution in [2.45, 2.75) is 26.8 Å². The Bertz CT molecular complexity index is 1070. The summed E-state index contributed by atoms with van der Waals surface area (Å²) >= 11 is 1.50. The molecule has 3 aromatic rings. The Balaban J connectivity index is 1.66. The summed E-state index contributed by atoms with van der Waals surface area (Å²) in [7, 11) is 1.31. The third kappa shape index (κ3) is 3.90. The van der Waals surface area contributed by atoms with E-state index in [9.17, 15) is 14.4 Å². The topological polar surface area (TPSA) is 90.3 Å². The van der Waals surface area contributed by atoms with Crippen LogP contribution in [-0.2, 0) is 16.1 Å². The molecule has 27 heavy (non-hydrogen) atoms. The van der Waals surface area contributed by atoms with Crippen LogP contribution in [0.1, 0.15) is 27.2 Å². The van der Waals surface area contributed by atoms with E-state index in [0.29, 0.717) is 16.6 Å². The average molecular weight is 385 g/mol. The van der Waals surface area contributed by atoms with Crippen LogP contribution in [0.2, 0.25) is 0 Å². The Kier molecular flexibility index (Phi) is 5.36. The molecule has 0 saturated carbocycles. The van der Waals surface area contributed by atoms with Gasteiger partial charge in [0.05, 0.1) is 24.4 Å². The van der Waals surface area contributed by atoms with Crippen LogP contribution < -0.4 is 10.9 Å². The first kappa shape index (κ1) is 18.8. The van der Waals surface area contributed by atoms with Gasteiger partial charge in [0.1, 0.15) is 4.83 Å². The highest BCUT2D eigenvalue weighted by Gasteiger charge is 2.13. The zero-order valence-electron chi connectivity index (χ0n) is 15.2. The minimum atomic E-state index is -0.436. The van der Waals surface area contributed by atoms with E-state index in [1.165, 1.54) is 29.3 Å².